The summed E-state index contributed by atoms with van der Waals surface area (Å²) in [4.78, 5) is 11.2. The van der Waals surface area contributed by atoms with E-state index < -0.39 is 0 Å². The molecular formula is C12H14O2. The minimum Gasteiger partial charge on any atom is -0.490 e. The smallest absolute Gasteiger partial charge is 0.159 e. The highest BCUT2D eigenvalue weighted by Gasteiger charge is 2.21. The zero-order valence-corrected chi connectivity index (χ0v) is 8.54. The van der Waals surface area contributed by atoms with E-state index in [1.54, 1.807) is 6.92 Å². The molecule has 1 unspecified atom stereocenters. The van der Waals surface area contributed by atoms with Crippen LogP contribution < -0.4 is 4.74 Å². The number of ether oxygens (including phenoxy) is 1. The van der Waals surface area contributed by atoms with E-state index in [4.69, 9.17) is 4.74 Å². The molecule has 14 heavy (non-hydrogen) atoms. The topological polar surface area (TPSA) is 26.3 Å². The third kappa shape index (κ3) is 1.52. The standard InChI is InChI=1S/C12H14O2/c1-3-11-7-10-6-9(8(2)13)4-5-12(10)14-11/h4-6,11H,3,7H2,1-2H3. The Bertz CT molecular complexity index is 369. The molecule has 1 aliphatic heterocycles. The lowest BCUT2D eigenvalue weighted by molar-refractivity contribution is 0.101. The Balaban J connectivity index is 2.31. The van der Waals surface area contributed by atoms with Gasteiger partial charge in [-0.3, -0.25) is 4.79 Å². The fourth-order valence-electron chi connectivity index (χ4n) is 1.77. The number of rotatable bonds is 2. The second-order valence-corrected chi connectivity index (χ2v) is 3.73. The lowest BCUT2D eigenvalue weighted by atomic mass is 10.0. The molecule has 0 saturated heterocycles. The highest BCUT2D eigenvalue weighted by atomic mass is 16.5. The number of benzene rings is 1. The number of fused-ring (bicyclic) bond motifs is 1. The summed E-state index contributed by atoms with van der Waals surface area (Å²) in [6, 6.07) is 5.69. The molecule has 0 saturated carbocycles. The molecule has 1 aromatic rings. The zero-order valence-electron chi connectivity index (χ0n) is 8.54. The minimum atomic E-state index is 0.118. The number of hydrogen-bond donors (Lipinski definition) is 0. The number of Topliss-reactive ketones (excluding diaryl/α,β-unsaturated/α-hetero) is 1. The highest BCUT2D eigenvalue weighted by Crippen LogP contribution is 2.30. The minimum absolute atomic E-state index is 0.118. The van der Waals surface area contributed by atoms with Crippen LogP contribution in [0.2, 0.25) is 0 Å². The van der Waals surface area contributed by atoms with Crippen LogP contribution >= 0.6 is 0 Å². The van der Waals surface area contributed by atoms with Crippen molar-refractivity contribution in [1.82, 2.24) is 0 Å². The van der Waals surface area contributed by atoms with Crippen molar-refractivity contribution in [2.24, 2.45) is 0 Å². The van der Waals surface area contributed by atoms with Gasteiger partial charge in [-0.05, 0) is 37.1 Å². The first kappa shape index (κ1) is 9.25. The molecule has 0 aliphatic carbocycles. The highest BCUT2D eigenvalue weighted by molar-refractivity contribution is 5.94. The van der Waals surface area contributed by atoms with Crippen molar-refractivity contribution in [3.8, 4) is 5.75 Å². The fourth-order valence-corrected chi connectivity index (χ4v) is 1.77. The van der Waals surface area contributed by atoms with Crippen LogP contribution in [0, 0.1) is 0 Å². The van der Waals surface area contributed by atoms with E-state index in [1.165, 1.54) is 5.56 Å². The average Bonchev–Trinajstić information content (AvgIpc) is 2.58. The van der Waals surface area contributed by atoms with E-state index in [1.807, 2.05) is 18.2 Å². The predicted octanol–water partition coefficient (Wildman–Crippen LogP) is 2.60. The molecule has 0 spiro atoms. The normalized spacial score (nSPS) is 18.9. The summed E-state index contributed by atoms with van der Waals surface area (Å²) in [5.74, 6) is 1.06. The molecule has 0 radical (unpaired) electrons. The van der Waals surface area contributed by atoms with E-state index >= 15 is 0 Å². The summed E-state index contributed by atoms with van der Waals surface area (Å²) >= 11 is 0. The van der Waals surface area contributed by atoms with E-state index in [0.717, 1.165) is 24.2 Å². The molecule has 0 amide bonds. The molecule has 1 atom stereocenters. The van der Waals surface area contributed by atoms with Gasteiger partial charge in [-0.2, -0.15) is 0 Å². The Morgan fingerprint density at radius 3 is 3.00 bits per heavy atom. The van der Waals surface area contributed by atoms with E-state index in [0.29, 0.717) is 6.10 Å². The zero-order chi connectivity index (χ0) is 10.1. The second-order valence-electron chi connectivity index (χ2n) is 3.73. The Labute approximate surface area is 83.9 Å². The first-order valence-corrected chi connectivity index (χ1v) is 5.01. The van der Waals surface area contributed by atoms with Gasteiger partial charge in [0.25, 0.3) is 0 Å². The lowest BCUT2D eigenvalue weighted by Gasteiger charge is -2.05. The molecule has 74 valence electrons. The van der Waals surface area contributed by atoms with E-state index in [-0.39, 0.29) is 5.78 Å². The van der Waals surface area contributed by atoms with Crippen LogP contribution in [0.1, 0.15) is 36.2 Å². The number of ketones is 1. The van der Waals surface area contributed by atoms with Gasteiger partial charge in [0.1, 0.15) is 11.9 Å². The van der Waals surface area contributed by atoms with Crippen LogP contribution in [-0.2, 0) is 6.42 Å². The predicted molar refractivity (Wildman–Crippen MR) is 54.9 cm³/mol. The van der Waals surface area contributed by atoms with Crippen molar-refractivity contribution in [2.45, 2.75) is 32.8 Å². The molecular weight excluding hydrogens is 176 g/mol. The average molecular weight is 190 g/mol. The molecule has 2 rings (SSSR count). The van der Waals surface area contributed by atoms with Gasteiger partial charge in [-0.15, -0.1) is 0 Å². The first-order valence-electron chi connectivity index (χ1n) is 5.01. The molecule has 0 aromatic heterocycles. The maximum absolute atomic E-state index is 11.2. The Morgan fingerprint density at radius 2 is 2.36 bits per heavy atom. The van der Waals surface area contributed by atoms with Crippen LogP contribution in [0.5, 0.6) is 5.75 Å². The maximum Gasteiger partial charge on any atom is 0.159 e. The first-order chi connectivity index (χ1) is 6.70. The third-order valence-corrected chi connectivity index (χ3v) is 2.66. The molecule has 2 nitrogen and oxygen atoms in total. The quantitative estimate of drug-likeness (QED) is 0.670. The Morgan fingerprint density at radius 1 is 1.57 bits per heavy atom. The summed E-state index contributed by atoms with van der Waals surface area (Å²) in [5, 5.41) is 0. The van der Waals surface area contributed by atoms with Crippen LogP contribution in [-0.4, -0.2) is 11.9 Å². The summed E-state index contributed by atoms with van der Waals surface area (Å²) in [6.45, 7) is 3.71. The van der Waals surface area contributed by atoms with Gasteiger partial charge in [0, 0.05) is 12.0 Å². The van der Waals surface area contributed by atoms with E-state index in [9.17, 15) is 4.79 Å². The fraction of sp³-hybridized carbons (Fsp3) is 0.417. The van der Waals surface area contributed by atoms with E-state index in [2.05, 4.69) is 6.92 Å². The van der Waals surface area contributed by atoms with Gasteiger partial charge in [0.05, 0.1) is 0 Å². The molecule has 2 heteroatoms. The largest absolute Gasteiger partial charge is 0.490 e. The number of hydrogen-bond acceptors (Lipinski definition) is 2. The van der Waals surface area contributed by atoms with Crippen molar-refractivity contribution >= 4 is 5.78 Å². The summed E-state index contributed by atoms with van der Waals surface area (Å²) in [5.41, 5.74) is 1.95. The summed E-state index contributed by atoms with van der Waals surface area (Å²) in [7, 11) is 0. The van der Waals surface area contributed by atoms with Gasteiger partial charge in [0.15, 0.2) is 5.78 Å². The molecule has 0 bridgehead atoms. The van der Waals surface area contributed by atoms with Crippen molar-refractivity contribution in [1.29, 1.82) is 0 Å². The second kappa shape index (κ2) is 3.45. The van der Waals surface area contributed by atoms with Gasteiger partial charge in [-0.1, -0.05) is 6.92 Å². The van der Waals surface area contributed by atoms with Crippen molar-refractivity contribution < 1.29 is 9.53 Å². The Kier molecular flexibility index (Phi) is 2.28. The number of carbonyl (C=O) groups excluding carboxylic acids is 1. The van der Waals surface area contributed by atoms with Crippen LogP contribution in [0.3, 0.4) is 0 Å². The summed E-state index contributed by atoms with van der Waals surface area (Å²) in [6.07, 6.45) is 2.25. The van der Waals surface area contributed by atoms with Crippen molar-refractivity contribution in [3.63, 3.8) is 0 Å². The molecule has 1 aromatic carbocycles. The molecule has 1 aliphatic rings. The van der Waals surface area contributed by atoms with Gasteiger partial charge in [0.2, 0.25) is 0 Å². The monoisotopic (exact) mass is 190 g/mol. The maximum atomic E-state index is 11.2. The molecule has 0 fully saturated rings. The van der Waals surface area contributed by atoms with Gasteiger partial charge in [-0.25, -0.2) is 0 Å². The lowest BCUT2D eigenvalue weighted by Crippen LogP contribution is -2.10. The Hall–Kier alpha value is -1.31. The third-order valence-electron chi connectivity index (χ3n) is 2.66. The van der Waals surface area contributed by atoms with Crippen molar-refractivity contribution in [2.75, 3.05) is 0 Å². The van der Waals surface area contributed by atoms with Crippen LogP contribution in [0.15, 0.2) is 18.2 Å². The summed E-state index contributed by atoms with van der Waals surface area (Å²) < 4.78 is 5.68. The SMILES string of the molecule is CCC1Cc2cc(C(C)=O)ccc2O1. The number of carbonyl (C=O) groups is 1. The van der Waals surface area contributed by atoms with Crippen LogP contribution in [0.25, 0.3) is 0 Å². The van der Waals surface area contributed by atoms with Crippen LogP contribution in [0.4, 0.5) is 0 Å². The van der Waals surface area contributed by atoms with Gasteiger partial charge >= 0.3 is 0 Å². The molecule has 1 heterocycles. The van der Waals surface area contributed by atoms with Crippen molar-refractivity contribution in [3.05, 3.63) is 29.3 Å². The van der Waals surface area contributed by atoms with Gasteiger partial charge < -0.3 is 4.74 Å². The molecule has 0 N–H and O–H groups in total.